The highest BCUT2D eigenvalue weighted by Gasteiger charge is 2.33. The SMILES string of the molecule is CCCOC(=O)C1=C(C)NC(=O)NC1c1cc(Br)c(OC)c(OC)c1. The smallest absolute Gasteiger partial charge is 0.338 e. The number of halogens is 1. The van der Waals surface area contributed by atoms with Crippen LogP contribution in [0.25, 0.3) is 0 Å². The summed E-state index contributed by atoms with van der Waals surface area (Å²) in [6.07, 6.45) is 0.713. The van der Waals surface area contributed by atoms with Crippen LogP contribution >= 0.6 is 15.9 Å². The molecular formula is C17H21BrN2O5. The molecule has 1 unspecified atom stereocenters. The zero-order chi connectivity index (χ0) is 18.6. The summed E-state index contributed by atoms with van der Waals surface area (Å²) in [5.41, 5.74) is 1.48. The molecule has 0 saturated carbocycles. The van der Waals surface area contributed by atoms with Crippen molar-refractivity contribution in [2.24, 2.45) is 0 Å². The Morgan fingerprint density at radius 2 is 2.00 bits per heavy atom. The third-order valence-corrected chi connectivity index (χ3v) is 4.30. The first-order chi connectivity index (χ1) is 11.9. The molecule has 1 aliphatic rings. The molecule has 1 heterocycles. The highest BCUT2D eigenvalue weighted by Crippen LogP contribution is 2.40. The molecule has 2 rings (SSSR count). The highest BCUT2D eigenvalue weighted by molar-refractivity contribution is 9.10. The monoisotopic (exact) mass is 412 g/mol. The summed E-state index contributed by atoms with van der Waals surface area (Å²) in [4.78, 5) is 24.4. The van der Waals surface area contributed by atoms with Crippen LogP contribution in [0, 0.1) is 0 Å². The number of esters is 1. The standard InChI is InChI=1S/C17H21BrN2O5/c1-5-6-25-16(21)13-9(2)19-17(22)20-14(13)10-7-11(18)15(24-4)12(8-10)23-3/h7-8,14H,5-6H2,1-4H3,(H2,19,20,22). The molecule has 0 fully saturated rings. The fraction of sp³-hybridized carbons (Fsp3) is 0.412. The summed E-state index contributed by atoms with van der Waals surface area (Å²) in [6.45, 7) is 3.90. The fourth-order valence-electron chi connectivity index (χ4n) is 2.59. The van der Waals surface area contributed by atoms with Gasteiger partial charge in [0.25, 0.3) is 0 Å². The van der Waals surface area contributed by atoms with Gasteiger partial charge in [0.15, 0.2) is 11.5 Å². The van der Waals surface area contributed by atoms with E-state index in [0.29, 0.717) is 45.8 Å². The molecule has 8 heteroatoms. The maximum Gasteiger partial charge on any atom is 0.338 e. The predicted molar refractivity (Wildman–Crippen MR) is 95.6 cm³/mol. The number of benzene rings is 1. The fourth-order valence-corrected chi connectivity index (χ4v) is 3.21. The van der Waals surface area contributed by atoms with Crippen molar-refractivity contribution in [3.05, 3.63) is 33.4 Å². The molecule has 1 atom stereocenters. The van der Waals surface area contributed by atoms with Gasteiger partial charge in [0.2, 0.25) is 0 Å². The molecule has 0 bridgehead atoms. The lowest BCUT2D eigenvalue weighted by atomic mass is 9.95. The summed E-state index contributed by atoms with van der Waals surface area (Å²) in [5.74, 6) is 0.545. The van der Waals surface area contributed by atoms with Crippen molar-refractivity contribution in [2.45, 2.75) is 26.3 Å². The number of ether oxygens (including phenoxy) is 3. The van der Waals surface area contributed by atoms with E-state index in [1.54, 1.807) is 19.1 Å². The second kappa shape index (κ2) is 8.24. The van der Waals surface area contributed by atoms with E-state index in [0.717, 1.165) is 0 Å². The average Bonchev–Trinajstić information content (AvgIpc) is 2.58. The number of allylic oxidation sites excluding steroid dienone is 1. The van der Waals surface area contributed by atoms with E-state index in [-0.39, 0.29) is 6.03 Å². The first-order valence-electron chi connectivity index (χ1n) is 7.79. The van der Waals surface area contributed by atoms with Crippen LogP contribution in [-0.2, 0) is 9.53 Å². The third-order valence-electron chi connectivity index (χ3n) is 3.72. The van der Waals surface area contributed by atoms with Crippen LogP contribution in [0.5, 0.6) is 11.5 Å². The molecule has 1 aliphatic heterocycles. The highest BCUT2D eigenvalue weighted by atomic mass is 79.9. The van der Waals surface area contributed by atoms with Gasteiger partial charge in [-0.2, -0.15) is 0 Å². The van der Waals surface area contributed by atoms with Gasteiger partial charge < -0.3 is 24.8 Å². The van der Waals surface area contributed by atoms with E-state index >= 15 is 0 Å². The van der Waals surface area contributed by atoms with Crippen LogP contribution < -0.4 is 20.1 Å². The molecule has 1 aromatic rings. The first-order valence-corrected chi connectivity index (χ1v) is 8.59. The van der Waals surface area contributed by atoms with Gasteiger partial charge in [-0.15, -0.1) is 0 Å². The van der Waals surface area contributed by atoms with E-state index in [2.05, 4.69) is 26.6 Å². The van der Waals surface area contributed by atoms with Crippen molar-refractivity contribution in [1.29, 1.82) is 0 Å². The lowest BCUT2D eigenvalue weighted by Crippen LogP contribution is -2.45. The molecule has 1 aromatic carbocycles. The third kappa shape index (κ3) is 4.07. The number of urea groups is 1. The zero-order valence-corrected chi connectivity index (χ0v) is 16.2. The Labute approximate surface area is 154 Å². The quantitative estimate of drug-likeness (QED) is 0.701. The van der Waals surface area contributed by atoms with Crippen LogP contribution in [-0.4, -0.2) is 32.8 Å². The number of nitrogens with one attached hydrogen (secondary N) is 2. The van der Waals surface area contributed by atoms with E-state index in [1.807, 2.05) is 6.92 Å². The molecule has 2 N–H and O–H groups in total. The van der Waals surface area contributed by atoms with Crippen molar-refractivity contribution in [2.75, 3.05) is 20.8 Å². The van der Waals surface area contributed by atoms with Gasteiger partial charge in [0.05, 0.1) is 36.9 Å². The van der Waals surface area contributed by atoms with E-state index in [9.17, 15) is 9.59 Å². The molecule has 0 saturated heterocycles. The van der Waals surface area contributed by atoms with Crippen LogP contribution in [0.3, 0.4) is 0 Å². The minimum absolute atomic E-state index is 0.311. The Hall–Kier alpha value is -2.22. The Morgan fingerprint density at radius 3 is 2.60 bits per heavy atom. The zero-order valence-electron chi connectivity index (χ0n) is 14.6. The van der Waals surface area contributed by atoms with Crippen molar-refractivity contribution in [3.63, 3.8) is 0 Å². The number of amides is 2. The van der Waals surface area contributed by atoms with Gasteiger partial charge in [-0.05, 0) is 47.0 Å². The number of methoxy groups -OCH3 is 2. The topological polar surface area (TPSA) is 85.9 Å². The number of rotatable bonds is 6. The van der Waals surface area contributed by atoms with Gasteiger partial charge in [-0.3, -0.25) is 0 Å². The van der Waals surface area contributed by atoms with Crippen LogP contribution in [0.2, 0.25) is 0 Å². The van der Waals surface area contributed by atoms with Crippen molar-refractivity contribution in [1.82, 2.24) is 10.6 Å². The van der Waals surface area contributed by atoms with Crippen LogP contribution in [0.15, 0.2) is 27.9 Å². The minimum atomic E-state index is -0.658. The normalized spacial score (nSPS) is 16.8. The maximum absolute atomic E-state index is 12.5. The van der Waals surface area contributed by atoms with Gasteiger partial charge in [0.1, 0.15) is 0 Å². The number of carbonyl (C=O) groups is 2. The molecule has 0 radical (unpaired) electrons. The molecule has 2 amide bonds. The van der Waals surface area contributed by atoms with Crippen molar-refractivity contribution < 1.29 is 23.8 Å². The van der Waals surface area contributed by atoms with Crippen molar-refractivity contribution >= 4 is 27.9 Å². The Bertz CT molecular complexity index is 717. The molecule has 0 aliphatic carbocycles. The molecule has 25 heavy (non-hydrogen) atoms. The number of carbonyl (C=O) groups excluding carboxylic acids is 2. The van der Waals surface area contributed by atoms with Crippen molar-refractivity contribution in [3.8, 4) is 11.5 Å². The lowest BCUT2D eigenvalue weighted by molar-refractivity contribution is -0.139. The Kier molecular flexibility index (Phi) is 6.30. The van der Waals surface area contributed by atoms with Gasteiger partial charge in [-0.25, -0.2) is 9.59 Å². The summed E-state index contributed by atoms with van der Waals surface area (Å²) in [5, 5.41) is 5.37. The van der Waals surface area contributed by atoms with Crippen LogP contribution in [0.1, 0.15) is 31.9 Å². The van der Waals surface area contributed by atoms with E-state index in [4.69, 9.17) is 14.2 Å². The van der Waals surface area contributed by atoms with Gasteiger partial charge in [-0.1, -0.05) is 6.92 Å². The maximum atomic E-state index is 12.5. The predicted octanol–water partition coefficient (Wildman–Crippen LogP) is 3.05. The Balaban J connectivity index is 2.50. The second-order valence-electron chi connectivity index (χ2n) is 5.44. The lowest BCUT2D eigenvalue weighted by Gasteiger charge is -2.28. The second-order valence-corrected chi connectivity index (χ2v) is 6.30. The largest absolute Gasteiger partial charge is 0.493 e. The average molecular weight is 413 g/mol. The van der Waals surface area contributed by atoms with Gasteiger partial charge in [0, 0.05) is 5.70 Å². The van der Waals surface area contributed by atoms with E-state index in [1.165, 1.54) is 14.2 Å². The first kappa shape index (κ1) is 19.1. The summed E-state index contributed by atoms with van der Waals surface area (Å²) in [6, 6.07) is 2.45. The Morgan fingerprint density at radius 1 is 1.28 bits per heavy atom. The van der Waals surface area contributed by atoms with E-state index < -0.39 is 12.0 Å². The number of hydrogen-bond donors (Lipinski definition) is 2. The van der Waals surface area contributed by atoms with Crippen LogP contribution in [0.4, 0.5) is 4.79 Å². The summed E-state index contributed by atoms with van der Waals surface area (Å²) < 4.78 is 16.6. The van der Waals surface area contributed by atoms with Gasteiger partial charge >= 0.3 is 12.0 Å². The molecule has 7 nitrogen and oxygen atoms in total. The molecule has 0 spiro atoms. The minimum Gasteiger partial charge on any atom is -0.493 e. The summed E-state index contributed by atoms with van der Waals surface area (Å²) in [7, 11) is 3.05. The number of hydrogen-bond acceptors (Lipinski definition) is 5. The molecule has 0 aromatic heterocycles. The molecule has 136 valence electrons. The molecular weight excluding hydrogens is 392 g/mol. The summed E-state index contributed by atoms with van der Waals surface area (Å²) >= 11 is 3.43.